The summed E-state index contributed by atoms with van der Waals surface area (Å²) in [5, 5.41) is 0. The van der Waals surface area contributed by atoms with Crippen LogP contribution in [0.15, 0.2) is 12.1 Å². The van der Waals surface area contributed by atoms with E-state index in [0.717, 1.165) is 56.1 Å². The number of unbranched alkanes of at least 4 members (excludes halogenated alkanes) is 5. The molecule has 0 aliphatic carbocycles. The largest absolute Gasteiger partial charge is 0.469 e. The monoisotopic (exact) mass is 376 g/mol. The molecule has 0 bridgehead atoms. The molecule has 1 aliphatic rings. The van der Waals surface area contributed by atoms with E-state index in [-0.39, 0.29) is 5.97 Å². The third kappa shape index (κ3) is 6.08. The standard InChI is InChI=1S/C21H28O6/c1-25-18(22)10-8-6-4-3-5-7-9-15-13-16-11-12-27-21(24)19(16)17(14-15)20(23)26-2/h13-14H,3-12H2,1-2H3. The first kappa shape index (κ1) is 20.9. The third-order valence-corrected chi connectivity index (χ3v) is 4.82. The molecule has 0 fully saturated rings. The Morgan fingerprint density at radius 1 is 1.00 bits per heavy atom. The van der Waals surface area contributed by atoms with Crippen molar-refractivity contribution in [2.75, 3.05) is 20.8 Å². The summed E-state index contributed by atoms with van der Waals surface area (Å²) in [6.07, 6.45) is 8.19. The average Bonchev–Trinajstić information content (AvgIpc) is 2.68. The summed E-state index contributed by atoms with van der Waals surface area (Å²) < 4.78 is 14.5. The highest BCUT2D eigenvalue weighted by Gasteiger charge is 2.26. The highest BCUT2D eigenvalue weighted by Crippen LogP contribution is 2.25. The number of carbonyl (C=O) groups is 3. The second kappa shape index (κ2) is 10.7. The number of esters is 3. The maximum Gasteiger partial charge on any atom is 0.339 e. The Bertz CT molecular complexity index is 679. The zero-order valence-electron chi connectivity index (χ0n) is 16.2. The van der Waals surface area contributed by atoms with Gasteiger partial charge in [-0.3, -0.25) is 4.79 Å². The van der Waals surface area contributed by atoms with Crippen LogP contribution in [0.2, 0.25) is 0 Å². The van der Waals surface area contributed by atoms with Crippen molar-refractivity contribution in [3.63, 3.8) is 0 Å². The van der Waals surface area contributed by atoms with Gasteiger partial charge in [-0.05, 0) is 36.5 Å². The van der Waals surface area contributed by atoms with Crippen molar-refractivity contribution >= 4 is 17.9 Å². The summed E-state index contributed by atoms with van der Waals surface area (Å²) in [5.41, 5.74) is 2.57. The normalized spacial score (nSPS) is 12.9. The van der Waals surface area contributed by atoms with Gasteiger partial charge in [-0.15, -0.1) is 0 Å². The quantitative estimate of drug-likeness (QED) is 0.352. The van der Waals surface area contributed by atoms with E-state index >= 15 is 0 Å². The highest BCUT2D eigenvalue weighted by atomic mass is 16.5. The summed E-state index contributed by atoms with van der Waals surface area (Å²) in [7, 11) is 2.73. The van der Waals surface area contributed by atoms with Crippen molar-refractivity contribution in [1.29, 1.82) is 0 Å². The van der Waals surface area contributed by atoms with Crippen LogP contribution in [-0.2, 0) is 31.8 Å². The molecular weight excluding hydrogens is 348 g/mol. The number of hydrogen-bond acceptors (Lipinski definition) is 6. The molecule has 0 aromatic heterocycles. The molecule has 2 rings (SSSR count). The van der Waals surface area contributed by atoms with E-state index in [4.69, 9.17) is 9.47 Å². The lowest BCUT2D eigenvalue weighted by Gasteiger charge is -2.19. The van der Waals surface area contributed by atoms with E-state index in [1.807, 2.05) is 6.07 Å². The number of rotatable bonds is 10. The summed E-state index contributed by atoms with van der Waals surface area (Å²) >= 11 is 0. The topological polar surface area (TPSA) is 78.9 Å². The molecule has 148 valence electrons. The molecule has 27 heavy (non-hydrogen) atoms. The Kier molecular flexibility index (Phi) is 8.30. The maximum absolute atomic E-state index is 12.1. The minimum absolute atomic E-state index is 0.146. The first-order chi connectivity index (χ1) is 13.1. The predicted octanol–water partition coefficient (Wildman–Crippen LogP) is 3.63. The predicted molar refractivity (Wildman–Crippen MR) is 99.8 cm³/mol. The molecule has 0 amide bonds. The van der Waals surface area contributed by atoms with Crippen LogP contribution in [0.5, 0.6) is 0 Å². The van der Waals surface area contributed by atoms with Crippen LogP contribution in [-0.4, -0.2) is 38.7 Å². The first-order valence-electron chi connectivity index (χ1n) is 9.55. The number of carbonyl (C=O) groups excluding carboxylic acids is 3. The van der Waals surface area contributed by atoms with Crippen molar-refractivity contribution in [3.8, 4) is 0 Å². The van der Waals surface area contributed by atoms with Gasteiger partial charge >= 0.3 is 17.9 Å². The van der Waals surface area contributed by atoms with Gasteiger partial charge < -0.3 is 14.2 Å². The SMILES string of the molecule is COC(=O)CCCCCCCCc1cc2c(c(C(=O)OC)c1)C(=O)OCC2. The molecule has 1 heterocycles. The summed E-state index contributed by atoms with van der Waals surface area (Å²) in [6, 6.07) is 3.77. The van der Waals surface area contributed by atoms with E-state index < -0.39 is 11.9 Å². The van der Waals surface area contributed by atoms with E-state index in [2.05, 4.69) is 4.74 Å². The van der Waals surface area contributed by atoms with Gasteiger partial charge in [-0.1, -0.05) is 31.7 Å². The second-order valence-electron chi connectivity index (χ2n) is 6.75. The van der Waals surface area contributed by atoms with Crippen LogP contribution in [0.1, 0.15) is 76.8 Å². The molecule has 0 radical (unpaired) electrons. The molecule has 1 aliphatic heterocycles. The lowest BCUT2D eigenvalue weighted by atomic mass is 9.92. The van der Waals surface area contributed by atoms with Crippen LogP contribution < -0.4 is 0 Å². The molecule has 6 heteroatoms. The minimum Gasteiger partial charge on any atom is -0.469 e. The minimum atomic E-state index is -0.502. The lowest BCUT2D eigenvalue weighted by Crippen LogP contribution is -2.22. The first-order valence-corrected chi connectivity index (χ1v) is 9.55. The molecule has 6 nitrogen and oxygen atoms in total. The van der Waals surface area contributed by atoms with Crippen molar-refractivity contribution in [2.24, 2.45) is 0 Å². The summed E-state index contributed by atoms with van der Waals surface area (Å²) in [6.45, 7) is 0.349. The van der Waals surface area contributed by atoms with Gasteiger partial charge in [-0.25, -0.2) is 9.59 Å². The zero-order valence-corrected chi connectivity index (χ0v) is 16.2. The van der Waals surface area contributed by atoms with Gasteiger partial charge in [0, 0.05) is 12.8 Å². The third-order valence-electron chi connectivity index (χ3n) is 4.82. The number of hydrogen-bond donors (Lipinski definition) is 0. The Balaban J connectivity index is 1.84. The molecular formula is C21H28O6. The van der Waals surface area contributed by atoms with Crippen molar-refractivity contribution in [3.05, 3.63) is 34.4 Å². The Morgan fingerprint density at radius 2 is 1.70 bits per heavy atom. The van der Waals surface area contributed by atoms with Crippen LogP contribution in [0.3, 0.4) is 0 Å². The second-order valence-corrected chi connectivity index (χ2v) is 6.75. The lowest BCUT2D eigenvalue weighted by molar-refractivity contribution is -0.140. The Labute approximate surface area is 160 Å². The smallest absolute Gasteiger partial charge is 0.339 e. The number of methoxy groups -OCH3 is 2. The summed E-state index contributed by atoms with van der Waals surface area (Å²) in [4.78, 5) is 35.1. The molecule has 0 saturated carbocycles. The van der Waals surface area contributed by atoms with Crippen LogP contribution in [0.4, 0.5) is 0 Å². The Hall–Kier alpha value is -2.37. The highest BCUT2D eigenvalue weighted by molar-refractivity contribution is 6.04. The van der Waals surface area contributed by atoms with Crippen molar-refractivity contribution in [2.45, 2.75) is 57.8 Å². The maximum atomic E-state index is 12.1. The molecule has 0 saturated heterocycles. The molecule has 1 aromatic carbocycles. The fourth-order valence-electron chi connectivity index (χ4n) is 3.36. The fourth-order valence-corrected chi connectivity index (χ4v) is 3.36. The number of benzene rings is 1. The number of ether oxygens (including phenoxy) is 3. The number of cyclic esters (lactones) is 1. The van der Waals surface area contributed by atoms with Gasteiger partial charge in [0.25, 0.3) is 0 Å². The van der Waals surface area contributed by atoms with Gasteiger partial charge in [-0.2, -0.15) is 0 Å². The Morgan fingerprint density at radius 3 is 2.41 bits per heavy atom. The fraction of sp³-hybridized carbons (Fsp3) is 0.571. The molecule has 1 aromatic rings. The van der Waals surface area contributed by atoms with Gasteiger partial charge in [0.05, 0.1) is 32.0 Å². The van der Waals surface area contributed by atoms with E-state index in [0.29, 0.717) is 30.6 Å². The van der Waals surface area contributed by atoms with Crippen LogP contribution >= 0.6 is 0 Å². The number of aryl methyl sites for hydroxylation is 1. The zero-order chi connectivity index (χ0) is 19.6. The summed E-state index contributed by atoms with van der Waals surface area (Å²) in [5.74, 6) is -1.10. The van der Waals surface area contributed by atoms with Gasteiger partial charge in [0.1, 0.15) is 0 Å². The van der Waals surface area contributed by atoms with Crippen molar-refractivity contribution < 1.29 is 28.6 Å². The molecule has 0 atom stereocenters. The number of fused-ring (bicyclic) bond motifs is 1. The average molecular weight is 376 g/mol. The molecule has 0 N–H and O–H groups in total. The van der Waals surface area contributed by atoms with E-state index in [1.165, 1.54) is 14.2 Å². The van der Waals surface area contributed by atoms with Gasteiger partial charge in [0.15, 0.2) is 0 Å². The van der Waals surface area contributed by atoms with Crippen LogP contribution in [0, 0.1) is 0 Å². The van der Waals surface area contributed by atoms with E-state index in [9.17, 15) is 14.4 Å². The van der Waals surface area contributed by atoms with Crippen LogP contribution in [0.25, 0.3) is 0 Å². The van der Waals surface area contributed by atoms with Gasteiger partial charge in [0.2, 0.25) is 0 Å². The molecule has 0 spiro atoms. The van der Waals surface area contributed by atoms with E-state index in [1.54, 1.807) is 6.07 Å². The van der Waals surface area contributed by atoms with Crippen molar-refractivity contribution in [1.82, 2.24) is 0 Å². The molecule has 0 unspecified atom stereocenters.